The minimum absolute atomic E-state index is 0. The van der Waals surface area contributed by atoms with Crippen molar-refractivity contribution in [3.63, 3.8) is 0 Å². The van der Waals surface area contributed by atoms with Gasteiger partial charge in [-0.25, -0.2) is 9.38 Å². The number of aliphatic imine (C=N–C) groups is 1. The molecule has 0 atom stereocenters. The smallest absolute Gasteiger partial charge is 0.274 e. The Hall–Kier alpha value is -2.23. The van der Waals surface area contributed by atoms with E-state index in [4.69, 9.17) is 0 Å². The minimum atomic E-state index is -0.407. The predicted octanol–water partition coefficient (Wildman–Crippen LogP) is 3.92. The van der Waals surface area contributed by atoms with E-state index >= 15 is 0 Å². The van der Waals surface area contributed by atoms with E-state index in [1.165, 1.54) is 12.1 Å². The Labute approximate surface area is 169 Å². The molecule has 2 N–H and O–H groups in total. The van der Waals surface area contributed by atoms with Crippen LogP contribution < -0.4 is 10.6 Å². The van der Waals surface area contributed by atoms with Gasteiger partial charge in [0.2, 0.25) is 0 Å². The normalized spacial score (nSPS) is 10.8. The molecule has 2 aromatic rings. The summed E-state index contributed by atoms with van der Waals surface area (Å²) in [5.41, 5.74) is 1.98. The maximum Gasteiger partial charge on any atom is 0.274 e. The van der Waals surface area contributed by atoms with Gasteiger partial charge >= 0.3 is 0 Å². The fraction of sp³-hybridized carbons (Fsp3) is 0.278. The number of guanidine groups is 1. The highest BCUT2D eigenvalue weighted by Crippen LogP contribution is 2.17. The molecule has 0 amide bonds. The Morgan fingerprint density at radius 3 is 2.62 bits per heavy atom. The summed E-state index contributed by atoms with van der Waals surface area (Å²) in [5.74, 6) is 0.257. The fourth-order valence-corrected chi connectivity index (χ4v) is 2.26. The molecule has 0 heterocycles. The van der Waals surface area contributed by atoms with Crippen LogP contribution in [0, 0.1) is 22.9 Å². The zero-order chi connectivity index (χ0) is 18.2. The van der Waals surface area contributed by atoms with E-state index in [2.05, 4.69) is 15.6 Å². The molecule has 8 heteroatoms. The molecule has 0 saturated heterocycles. The van der Waals surface area contributed by atoms with Crippen LogP contribution in [0.2, 0.25) is 0 Å². The summed E-state index contributed by atoms with van der Waals surface area (Å²) in [6.07, 6.45) is 0. The van der Waals surface area contributed by atoms with E-state index < -0.39 is 4.92 Å². The molecule has 0 aliphatic rings. The number of aryl methyl sites for hydroxylation is 1. The second-order valence-corrected chi connectivity index (χ2v) is 5.52. The van der Waals surface area contributed by atoms with Crippen LogP contribution in [0.3, 0.4) is 0 Å². The summed E-state index contributed by atoms with van der Waals surface area (Å²) in [4.78, 5) is 15.1. The van der Waals surface area contributed by atoms with Gasteiger partial charge < -0.3 is 10.6 Å². The minimum Gasteiger partial charge on any atom is -0.357 e. The first kappa shape index (κ1) is 21.8. The van der Waals surface area contributed by atoms with Crippen LogP contribution in [0.25, 0.3) is 0 Å². The van der Waals surface area contributed by atoms with Crippen LogP contribution in [0.5, 0.6) is 0 Å². The summed E-state index contributed by atoms with van der Waals surface area (Å²) < 4.78 is 13.6. The van der Waals surface area contributed by atoms with Gasteiger partial charge in [-0.15, -0.1) is 24.0 Å². The number of hydrogen-bond acceptors (Lipinski definition) is 3. The third-order valence-corrected chi connectivity index (χ3v) is 3.63. The average molecular weight is 472 g/mol. The summed E-state index contributed by atoms with van der Waals surface area (Å²) in [6.45, 7) is 4.86. The van der Waals surface area contributed by atoms with Crippen molar-refractivity contribution in [1.29, 1.82) is 0 Å². The Bertz CT molecular complexity index is 784. The van der Waals surface area contributed by atoms with Crippen LogP contribution in [0.15, 0.2) is 47.5 Å². The molecule has 0 fully saturated rings. The first-order valence-electron chi connectivity index (χ1n) is 8.00. The van der Waals surface area contributed by atoms with Crippen LogP contribution in [0.4, 0.5) is 10.1 Å². The van der Waals surface area contributed by atoms with Crippen molar-refractivity contribution in [2.75, 3.05) is 6.54 Å². The molecule has 2 aromatic carbocycles. The highest BCUT2D eigenvalue weighted by atomic mass is 127. The number of nitro groups is 1. The van der Waals surface area contributed by atoms with Crippen LogP contribution in [0.1, 0.15) is 23.6 Å². The van der Waals surface area contributed by atoms with Gasteiger partial charge in [-0.05, 0) is 31.0 Å². The van der Waals surface area contributed by atoms with Gasteiger partial charge in [0.15, 0.2) is 5.96 Å². The van der Waals surface area contributed by atoms with Crippen LogP contribution >= 0.6 is 24.0 Å². The molecule has 0 saturated carbocycles. The van der Waals surface area contributed by atoms with Crippen LogP contribution in [-0.2, 0) is 13.1 Å². The van der Waals surface area contributed by atoms with Crippen molar-refractivity contribution in [2.45, 2.75) is 26.9 Å². The highest BCUT2D eigenvalue weighted by molar-refractivity contribution is 14.0. The number of hydrogen-bond donors (Lipinski definition) is 2. The molecule has 140 valence electrons. The van der Waals surface area contributed by atoms with Crippen molar-refractivity contribution >= 4 is 35.6 Å². The number of nitro benzene ring substituents is 1. The zero-order valence-electron chi connectivity index (χ0n) is 14.7. The molecule has 0 spiro atoms. The van der Waals surface area contributed by atoms with Gasteiger partial charge in [0.25, 0.3) is 5.69 Å². The van der Waals surface area contributed by atoms with Gasteiger partial charge in [-0.2, -0.15) is 0 Å². The summed E-state index contributed by atoms with van der Waals surface area (Å²) >= 11 is 0. The quantitative estimate of drug-likeness (QED) is 0.220. The summed E-state index contributed by atoms with van der Waals surface area (Å²) in [7, 11) is 0. The van der Waals surface area contributed by atoms with Crippen LogP contribution in [-0.4, -0.2) is 17.4 Å². The molecule has 0 bridgehead atoms. The van der Waals surface area contributed by atoms with Gasteiger partial charge in [-0.3, -0.25) is 10.1 Å². The number of nitrogens with one attached hydrogen (secondary N) is 2. The average Bonchev–Trinajstić information content (AvgIpc) is 2.60. The lowest BCUT2D eigenvalue weighted by molar-refractivity contribution is -0.385. The first-order chi connectivity index (χ1) is 12.0. The van der Waals surface area contributed by atoms with E-state index in [-0.39, 0.29) is 42.0 Å². The lowest BCUT2D eigenvalue weighted by atomic mass is 10.1. The number of nitrogens with zero attached hydrogens (tertiary/aromatic N) is 2. The Morgan fingerprint density at radius 1 is 1.23 bits per heavy atom. The molecular weight excluding hydrogens is 450 g/mol. The third-order valence-electron chi connectivity index (χ3n) is 3.63. The first-order valence-corrected chi connectivity index (χ1v) is 8.00. The summed E-state index contributed by atoms with van der Waals surface area (Å²) in [5, 5.41) is 17.2. The van der Waals surface area contributed by atoms with Gasteiger partial charge in [-0.1, -0.05) is 30.3 Å². The van der Waals surface area contributed by atoms with Crippen molar-refractivity contribution in [3.8, 4) is 0 Å². The molecular formula is C18H22FIN4O2. The topological polar surface area (TPSA) is 79.6 Å². The molecule has 0 radical (unpaired) electrons. The molecule has 2 rings (SSSR count). The molecule has 0 aliphatic carbocycles. The van der Waals surface area contributed by atoms with E-state index in [1.807, 2.05) is 13.0 Å². The van der Waals surface area contributed by atoms with Gasteiger partial charge in [0.05, 0.1) is 11.5 Å². The Morgan fingerprint density at radius 2 is 1.96 bits per heavy atom. The Balaban J connectivity index is 0.00000338. The summed E-state index contributed by atoms with van der Waals surface area (Å²) in [6, 6.07) is 11.6. The lowest BCUT2D eigenvalue weighted by Gasteiger charge is -2.11. The Kier molecular flexibility index (Phi) is 8.97. The molecule has 0 aromatic heterocycles. The second-order valence-electron chi connectivity index (χ2n) is 5.52. The molecule has 0 aliphatic heterocycles. The number of para-hydroxylation sites is 1. The molecule has 26 heavy (non-hydrogen) atoms. The fourth-order valence-electron chi connectivity index (χ4n) is 2.26. The van der Waals surface area contributed by atoms with Crippen molar-refractivity contribution in [3.05, 3.63) is 75.1 Å². The predicted molar refractivity (Wildman–Crippen MR) is 111 cm³/mol. The number of rotatable bonds is 6. The molecule has 6 nitrogen and oxygen atoms in total. The van der Waals surface area contributed by atoms with E-state index in [9.17, 15) is 14.5 Å². The van der Waals surface area contributed by atoms with Gasteiger partial charge in [0.1, 0.15) is 5.82 Å². The van der Waals surface area contributed by atoms with Crippen molar-refractivity contribution < 1.29 is 9.31 Å². The number of halogens is 2. The third kappa shape index (κ3) is 6.25. The van der Waals surface area contributed by atoms with Crippen molar-refractivity contribution in [2.24, 2.45) is 4.99 Å². The van der Waals surface area contributed by atoms with E-state index in [0.29, 0.717) is 30.2 Å². The SMILES string of the molecule is CCNC(=NCc1ccc(C)c(F)c1)NCc1ccccc1[N+](=O)[O-].I. The van der Waals surface area contributed by atoms with Crippen molar-refractivity contribution in [1.82, 2.24) is 10.6 Å². The lowest BCUT2D eigenvalue weighted by Crippen LogP contribution is -2.36. The number of benzene rings is 2. The van der Waals surface area contributed by atoms with E-state index in [1.54, 1.807) is 31.2 Å². The largest absolute Gasteiger partial charge is 0.357 e. The zero-order valence-corrected chi connectivity index (χ0v) is 17.0. The second kappa shape index (κ2) is 10.7. The van der Waals surface area contributed by atoms with E-state index in [0.717, 1.165) is 5.56 Å². The maximum atomic E-state index is 13.6. The monoisotopic (exact) mass is 472 g/mol. The molecule has 0 unspecified atom stereocenters. The highest BCUT2D eigenvalue weighted by Gasteiger charge is 2.12. The maximum absolute atomic E-state index is 13.6. The standard InChI is InChI=1S/C18H21FN4O2.HI/c1-3-20-18(21-11-14-9-8-13(2)16(19)10-14)22-12-15-6-4-5-7-17(15)23(24)25;/h4-10H,3,11-12H2,1-2H3,(H2,20,21,22);1H. The van der Waals surface area contributed by atoms with Gasteiger partial charge in [0, 0.05) is 24.7 Å².